The van der Waals surface area contributed by atoms with Gasteiger partial charge in [-0.1, -0.05) is 13.3 Å². The highest BCUT2D eigenvalue weighted by Gasteiger charge is 2.21. The van der Waals surface area contributed by atoms with E-state index in [9.17, 15) is 4.79 Å². The topological polar surface area (TPSA) is 95.1 Å². The molecule has 0 saturated carbocycles. The fourth-order valence-electron chi connectivity index (χ4n) is 3.93. The third kappa shape index (κ3) is 7.84. The van der Waals surface area contributed by atoms with Gasteiger partial charge in [-0.2, -0.15) is 5.10 Å². The molecule has 2 N–H and O–H groups in total. The molecule has 3 aromatic rings. The van der Waals surface area contributed by atoms with Crippen molar-refractivity contribution in [2.75, 3.05) is 40.0 Å². The number of rotatable bonds is 11. The molecule has 37 heavy (non-hydrogen) atoms. The molecule has 0 aliphatic rings. The van der Waals surface area contributed by atoms with Gasteiger partial charge in [-0.3, -0.25) is 4.90 Å². The molecule has 1 amide bonds. The molecule has 3 rings (SSSR count). The van der Waals surface area contributed by atoms with Gasteiger partial charge in [0.1, 0.15) is 23.3 Å². The monoisotopic (exact) mass is 511 g/mol. The van der Waals surface area contributed by atoms with Gasteiger partial charge < -0.3 is 24.8 Å². The first-order chi connectivity index (χ1) is 17.5. The number of anilines is 1. The molecule has 202 valence electrons. The van der Waals surface area contributed by atoms with Crippen LogP contribution in [0.3, 0.4) is 0 Å². The van der Waals surface area contributed by atoms with E-state index < -0.39 is 5.60 Å². The van der Waals surface area contributed by atoms with Crippen LogP contribution in [-0.4, -0.2) is 65.6 Å². The van der Waals surface area contributed by atoms with Crippen LogP contribution < -0.4 is 10.5 Å². The van der Waals surface area contributed by atoms with Crippen LogP contribution in [0.25, 0.3) is 10.9 Å². The first kappa shape index (κ1) is 28.3. The normalized spacial score (nSPS) is 12.6. The smallest absolute Gasteiger partial charge is 0.410 e. The van der Waals surface area contributed by atoms with Gasteiger partial charge in [0.25, 0.3) is 0 Å². The lowest BCUT2D eigenvalue weighted by Crippen LogP contribution is -2.38. The number of methoxy groups -OCH3 is 1. The third-order valence-electron chi connectivity index (χ3n) is 5.89. The molecule has 0 radical (unpaired) electrons. The first-order valence-corrected chi connectivity index (χ1v) is 12.7. The summed E-state index contributed by atoms with van der Waals surface area (Å²) in [6, 6.07) is 13.3. The molecule has 0 saturated heterocycles. The van der Waals surface area contributed by atoms with Gasteiger partial charge in [-0.05, 0) is 76.7 Å². The molecule has 0 aliphatic carbocycles. The van der Waals surface area contributed by atoms with Crippen LogP contribution in [0.15, 0.2) is 42.5 Å². The molecular formula is C28H41N5O4. The molecule has 0 spiro atoms. The number of fused-ring (bicyclic) bond motifs is 1. The molecule has 0 fully saturated rings. The predicted octanol–water partition coefficient (Wildman–Crippen LogP) is 5.65. The Morgan fingerprint density at radius 3 is 2.38 bits per heavy atom. The molecule has 2 aromatic carbocycles. The molecule has 9 heteroatoms. The fourth-order valence-corrected chi connectivity index (χ4v) is 3.93. The van der Waals surface area contributed by atoms with Gasteiger partial charge >= 0.3 is 6.09 Å². The van der Waals surface area contributed by atoms with Gasteiger partial charge in [0.05, 0.1) is 11.2 Å². The number of carbonyl (C=O) groups excluding carboxylic acids is 1. The van der Waals surface area contributed by atoms with E-state index in [1.165, 1.54) is 0 Å². The van der Waals surface area contributed by atoms with Crippen LogP contribution in [0.2, 0.25) is 0 Å². The molecular weight excluding hydrogens is 470 g/mol. The summed E-state index contributed by atoms with van der Waals surface area (Å²) in [4.78, 5) is 16.1. The summed E-state index contributed by atoms with van der Waals surface area (Å²) in [6.45, 7) is 9.52. The number of benzene rings is 2. The second-order valence-electron chi connectivity index (χ2n) is 10.4. The SMILES string of the molecule is CCCC(OC)n1nc(CN(C)CCN(C)C(=O)OC(C)(C)C)c2cc(Oc3ccc(N)cc3)ccc21. The van der Waals surface area contributed by atoms with Crippen LogP contribution in [0.5, 0.6) is 11.5 Å². The van der Waals surface area contributed by atoms with Crippen molar-refractivity contribution >= 4 is 22.7 Å². The Balaban J connectivity index is 1.82. The number of hydrogen-bond donors (Lipinski definition) is 1. The number of amides is 1. The molecule has 0 bridgehead atoms. The van der Waals surface area contributed by atoms with Gasteiger partial charge in [0, 0.05) is 44.9 Å². The maximum Gasteiger partial charge on any atom is 0.410 e. The number of nitrogens with two attached hydrogens (primary N) is 1. The largest absolute Gasteiger partial charge is 0.457 e. The van der Waals surface area contributed by atoms with Crippen molar-refractivity contribution in [2.45, 2.75) is 58.9 Å². The molecule has 0 aliphatic heterocycles. The van der Waals surface area contributed by atoms with Crippen molar-refractivity contribution in [3.63, 3.8) is 0 Å². The number of nitrogens with zero attached hydrogens (tertiary/aromatic N) is 4. The summed E-state index contributed by atoms with van der Waals surface area (Å²) in [7, 11) is 5.48. The van der Waals surface area contributed by atoms with Crippen molar-refractivity contribution in [3.05, 3.63) is 48.2 Å². The highest BCUT2D eigenvalue weighted by Crippen LogP contribution is 2.31. The molecule has 1 unspecified atom stereocenters. The zero-order valence-corrected chi connectivity index (χ0v) is 23.2. The maximum absolute atomic E-state index is 12.3. The van der Waals surface area contributed by atoms with Gasteiger partial charge in [-0.25, -0.2) is 9.48 Å². The standard InChI is InChI=1S/C28H41N5O4/c1-8-9-26(35-7)33-25-15-14-22(36-21-12-10-20(29)11-13-21)18-23(25)24(30-33)19-31(5)16-17-32(6)27(34)37-28(2,3)4/h10-15,18,26H,8-9,16-17,19,29H2,1-7H3. The summed E-state index contributed by atoms with van der Waals surface area (Å²) in [5.41, 5.74) is 7.87. The van der Waals surface area contributed by atoms with E-state index in [4.69, 9.17) is 25.0 Å². The van der Waals surface area contributed by atoms with E-state index in [0.29, 0.717) is 31.1 Å². The summed E-state index contributed by atoms with van der Waals surface area (Å²) in [5, 5.41) is 5.96. The molecule has 9 nitrogen and oxygen atoms in total. The summed E-state index contributed by atoms with van der Waals surface area (Å²) >= 11 is 0. The van der Waals surface area contributed by atoms with Crippen LogP contribution in [0, 0.1) is 0 Å². The minimum absolute atomic E-state index is 0.159. The van der Waals surface area contributed by atoms with Crippen LogP contribution in [0.1, 0.15) is 52.5 Å². The highest BCUT2D eigenvalue weighted by atomic mass is 16.6. The predicted molar refractivity (Wildman–Crippen MR) is 147 cm³/mol. The molecule has 1 aromatic heterocycles. The Morgan fingerprint density at radius 1 is 1.08 bits per heavy atom. The average Bonchev–Trinajstić information content (AvgIpc) is 3.18. The minimum atomic E-state index is -0.522. The zero-order valence-electron chi connectivity index (χ0n) is 23.2. The Morgan fingerprint density at radius 2 is 1.76 bits per heavy atom. The number of likely N-dealkylation sites (N-methyl/N-ethyl adjacent to an activating group) is 2. The van der Waals surface area contributed by atoms with Crippen LogP contribution in [0.4, 0.5) is 10.5 Å². The summed E-state index contributed by atoms with van der Waals surface area (Å²) in [5.74, 6) is 1.43. The van der Waals surface area contributed by atoms with Crippen LogP contribution in [-0.2, 0) is 16.0 Å². The molecule has 1 heterocycles. The lowest BCUT2D eigenvalue weighted by atomic mass is 10.2. The first-order valence-electron chi connectivity index (χ1n) is 12.7. The van der Waals surface area contributed by atoms with Crippen molar-refractivity contribution in [2.24, 2.45) is 0 Å². The quantitative estimate of drug-likeness (QED) is 0.332. The Labute approximate surface area is 220 Å². The van der Waals surface area contributed by atoms with E-state index in [1.807, 2.05) is 75.0 Å². The second kappa shape index (κ2) is 12.3. The molecule has 1 atom stereocenters. The van der Waals surface area contributed by atoms with Gasteiger partial charge in [0.15, 0.2) is 0 Å². The Kier molecular flexibility index (Phi) is 9.39. The highest BCUT2D eigenvalue weighted by molar-refractivity contribution is 5.83. The van der Waals surface area contributed by atoms with Crippen molar-refractivity contribution in [3.8, 4) is 11.5 Å². The lowest BCUT2D eigenvalue weighted by Gasteiger charge is -2.26. The van der Waals surface area contributed by atoms with E-state index in [1.54, 1.807) is 19.1 Å². The lowest BCUT2D eigenvalue weighted by molar-refractivity contribution is 0.0278. The van der Waals surface area contributed by atoms with Gasteiger partial charge in [-0.15, -0.1) is 0 Å². The third-order valence-corrected chi connectivity index (χ3v) is 5.89. The maximum atomic E-state index is 12.3. The van der Waals surface area contributed by atoms with E-state index in [2.05, 4.69) is 11.8 Å². The number of hydrogen-bond acceptors (Lipinski definition) is 7. The Hall–Kier alpha value is -3.30. The average molecular weight is 512 g/mol. The Bertz CT molecular complexity index is 1170. The summed E-state index contributed by atoms with van der Waals surface area (Å²) in [6.07, 6.45) is 1.34. The number of aromatic nitrogens is 2. The number of nitrogen functional groups attached to an aromatic ring is 1. The zero-order chi connectivity index (χ0) is 27.2. The fraction of sp³-hybridized carbons (Fsp3) is 0.500. The number of carbonyl (C=O) groups is 1. The van der Waals surface area contributed by atoms with E-state index >= 15 is 0 Å². The van der Waals surface area contributed by atoms with Crippen molar-refractivity contribution in [1.82, 2.24) is 19.6 Å². The van der Waals surface area contributed by atoms with E-state index in [-0.39, 0.29) is 12.3 Å². The van der Waals surface area contributed by atoms with Gasteiger partial charge in [0.2, 0.25) is 0 Å². The second-order valence-corrected chi connectivity index (χ2v) is 10.4. The number of ether oxygens (including phenoxy) is 3. The minimum Gasteiger partial charge on any atom is -0.457 e. The van der Waals surface area contributed by atoms with Crippen LogP contribution >= 0.6 is 0 Å². The summed E-state index contributed by atoms with van der Waals surface area (Å²) < 4.78 is 19.3. The van der Waals surface area contributed by atoms with Crippen molar-refractivity contribution < 1.29 is 19.0 Å². The van der Waals surface area contributed by atoms with Crippen molar-refractivity contribution in [1.29, 1.82) is 0 Å². The van der Waals surface area contributed by atoms with E-state index in [0.717, 1.165) is 35.2 Å².